The predicted octanol–water partition coefficient (Wildman–Crippen LogP) is 5.72. The molecular weight excluding hydrogens is 299 g/mol. The normalized spacial score (nSPS) is 16.8. The van der Waals surface area contributed by atoms with Gasteiger partial charge in [-0.3, -0.25) is 0 Å². The fourth-order valence-electron chi connectivity index (χ4n) is 4.08. The second-order valence-corrected chi connectivity index (χ2v) is 7.17. The fraction of sp³-hybridized carbons (Fsp3) is 0.381. The van der Waals surface area contributed by atoms with Crippen LogP contribution in [0.25, 0.3) is 11.0 Å². The van der Waals surface area contributed by atoms with E-state index in [4.69, 9.17) is 0 Å². The van der Waals surface area contributed by atoms with Crippen LogP contribution in [0.3, 0.4) is 0 Å². The van der Waals surface area contributed by atoms with Crippen LogP contribution < -0.4 is 0 Å². The third-order valence-electron chi connectivity index (χ3n) is 5.30. The summed E-state index contributed by atoms with van der Waals surface area (Å²) in [5.74, 6) is 0.784. The van der Waals surface area contributed by atoms with Gasteiger partial charge in [-0.15, -0.1) is 0 Å². The highest BCUT2D eigenvalue weighted by molar-refractivity contribution is 5.77. The molecular formula is C21H23FN2. The molecule has 0 bridgehead atoms. The molecule has 124 valence electrons. The zero-order valence-electron chi connectivity index (χ0n) is 14.1. The molecule has 0 spiro atoms. The first-order chi connectivity index (χ1) is 11.7. The SMILES string of the molecule is Cc1cnc2[nH]c([C@H](CC3CCCC3)c3cccc(F)c3)cc2c1. The number of aryl methyl sites for hydroxylation is 1. The Hall–Kier alpha value is -2.16. The molecule has 0 saturated heterocycles. The van der Waals surface area contributed by atoms with E-state index in [1.54, 1.807) is 6.07 Å². The van der Waals surface area contributed by atoms with Gasteiger partial charge in [0.25, 0.3) is 0 Å². The molecule has 0 unspecified atom stereocenters. The minimum Gasteiger partial charge on any atom is -0.343 e. The molecule has 24 heavy (non-hydrogen) atoms. The highest BCUT2D eigenvalue weighted by Crippen LogP contribution is 2.38. The molecule has 3 aromatic rings. The number of hydrogen-bond acceptors (Lipinski definition) is 1. The summed E-state index contributed by atoms with van der Waals surface area (Å²) in [6, 6.07) is 11.4. The van der Waals surface area contributed by atoms with Gasteiger partial charge in [-0.2, -0.15) is 0 Å². The van der Waals surface area contributed by atoms with E-state index in [9.17, 15) is 4.39 Å². The van der Waals surface area contributed by atoms with Gasteiger partial charge in [0, 0.05) is 23.2 Å². The van der Waals surface area contributed by atoms with Crippen LogP contribution in [0.15, 0.2) is 42.6 Å². The molecule has 3 heteroatoms. The van der Waals surface area contributed by atoms with Crippen molar-refractivity contribution in [1.82, 2.24) is 9.97 Å². The van der Waals surface area contributed by atoms with Crippen molar-refractivity contribution >= 4 is 11.0 Å². The van der Waals surface area contributed by atoms with E-state index in [0.29, 0.717) is 0 Å². The summed E-state index contributed by atoms with van der Waals surface area (Å²) in [7, 11) is 0. The molecule has 1 fully saturated rings. The van der Waals surface area contributed by atoms with Gasteiger partial charge in [0.15, 0.2) is 0 Å². The van der Waals surface area contributed by atoms with Crippen molar-refractivity contribution in [3.8, 4) is 0 Å². The number of fused-ring (bicyclic) bond motifs is 1. The number of benzene rings is 1. The zero-order valence-corrected chi connectivity index (χ0v) is 14.1. The van der Waals surface area contributed by atoms with E-state index < -0.39 is 0 Å². The van der Waals surface area contributed by atoms with Crippen molar-refractivity contribution in [1.29, 1.82) is 0 Å². The third kappa shape index (κ3) is 3.08. The van der Waals surface area contributed by atoms with Crippen molar-refractivity contribution in [2.24, 2.45) is 5.92 Å². The molecule has 0 radical (unpaired) electrons. The van der Waals surface area contributed by atoms with Crippen LogP contribution >= 0.6 is 0 Å². The van der Waals surface area contributed by atoms with Gasteiger partial charge >= 0.3 is 0 Å². The summed E-state index contributed by atoms with van der Waals surface area (Å²) < 4.78 is 13.8. The van der Waals surface area contributed by atoms with Crippen molar-refractivity contribution < 1.29 is 4.39 Å². The Morgan fingerprint density at radius 3 is 2.83 bits per heavy atom. The molecule has 1 aromatic carbocycles. The molecule has 1 N–H and O–H groups in total. The molecule has 1 aliphatic carbocycles. The minimum atomic E-state index is -0.158. The lowest BCUT2D eigenvalue weighted by atomic mass is 9.85. The maximum atomic E-state index is 13.8. The van der Waals surface area contributed by atoms with Crippen molar-refractivity contribution in [2.75, 3.05) is 0 Å². The molecule has 2 aromatic heterocycles. The monoisotopic (exact) mass is 322 g/mol. The van der Waals surface area contributed by atoms with Crippen molar-refractivity contribution in [3.63, 3.8) is 0 Å². The van der Waals surface area contributed by atoms with E-state index in [-0.39, 0.29) is 11.7 Å². The van der Waals surface area contributed by atoms with Crippen LogP contribution in [0.1, 0.15) is 54.8 Å². The second kappa shape index (κ2) is 6.39. The van der Waals surface area contributed by atoms with Crippen LogP contribution in [0.5, 0.6) is 0 Å². The Kier molecular flexibility index (Phi) is 4.09. The van der Waals surface area contributed by atoms with Crippen LogP contribution in [0, 0.1) is 18.7 Å². The molecule has 1 saturated carbocycles. The lowest BCUT2D eigenvalue weighted by molar-refractivity contribution is 0.468. The van der Waals surface area contributed by atoms with Crippen molar-refractivity contribution in [2.45, 2.75) is 44.9 Å². The average molecular weight is 322 g/mol. The summed E-state index contributed by atoms with van der Waals surface area (Å²) >= 11 is 0. The highest BCUT2D eigenvalue weighted by Gasteiger charge is 2.24. The first kappa shape index (κ1) is 15.4. The van der Waals surface area contributed by atoms with Gasteiger partial charge in [-0.1, -0.05) is 37.8 Å². The predicted molar refractivity (Wildman–Crippen MR) is 95.6 cm³/mol. The van der Waals surface area contributed by atoms with Gasteiger partial charge in [0.1, 0.15) is 11.5 Å². The Labute approximate surface area is 142 Å². The van der Waals surface area contributed by atoms with Gasteiger partial charge in [-0.05, 0) is 54.7 Å². The zero-order chi connectivity index (χ0) is 16.5. The smallest absolute Gasteiger partial charge is 0.137 e. The highest BCUT2D eigenvalue weighted by atomic mass is 19.1. The number of pyridine rings is 1. The fourth-order valence-corrected chi connectivity index (χ4v) is 4.08. The summed E-state index contributed by atoms with van der Waals surface area (Å²) in [6.07, 6.45) is 8.21. The van der Waals surface area contributed by atoms with Gasteiger partial charge < -0.3 is 4.98 Å². The van der Waals surface area contributed by atoms with Gasteiger partial charge in [0.05, 0.1) is 0 Å². The largest absolute Gasteiger partial charge is 0.343 e. The number of nitrogens with zero attached hydrogens (tertiary/aromatic N) is 1. The number of H-pyrrole nitrogens is 1. The molecule has 4 rings (SSSR count). The number of nitrogens with one attached hydrogen (secondary N) is 1. The molecule has 1 atom stereocenters. The Bertz CT molecular complexity index is 846. The Balaban J connectivity index is 1.74. The number of hydrogen-bond donors (Lipinski definition) is 1. The van der Waals surface area contributed by atoms with Crippen LogP contribution in [0.4, 0.5) is 4.39 Å². The van der Waals surface area contributed by atoms with E-state index in [1.165, 1.54) is 31.7 Å². The average Bonchev–Trinajstić information content (AvgIpc) is 3.21. The lowest BCUT2D eigenvalue weighted by Crippen LogP contribution is -2.07. The summed E-state index contributed by atoms with van der Waals surface area (Å²) in [6.45, 7) is 2.06. The number of rotatable bonds is 4. The van der Waals surface area contributed by atoms with Crippen molar-refractivity contribution in [3.05, 3.63) is 65.2 Å². The van der Waals surface area contributed by atoms with E-state index in [1.807, 2.05) is 18.3 Å². The molecule has 0 amide bonds. The maximum absolute atomic E-state index is 13.8. The summed E-state index contributed by atoms with van der Waals surface area (Å²) in [5.41, 5.74) is 4.29. The number of aromatic amines is 1. The Morgan fingerprint density at radius 1 is 1.21 bits per heavy atom. The van der Waals surface area contributed by atoms with Gasteiger partial charge in [-0.25, -0.2) is 9.37 Å². The van der Waals surface area contributed by atoms with E-state index in [0.717, 1.165) is 40.2 Å². The molecule has 2 nitrogen and oxygen atoms in total. The van der Waals surface area contributed by atoms with Crippen LogP contribution in [0.2, 0.25) is 0 Å². The summed E-state index contributed by atoms with van der Waals surface area (Å²) in [4.78, 5) is 7.98. The third-order valence-corrected chi connectivity index (χ3v) is 5.30. The van der Waals surface area contributed by atoms with Gasteiger partial charge in [0.2, 0.25) is 0 Å². The first-order valence-electron chi connectivity index (χ1n) is 8.90. The van der Waals surface area contributed by atoms with Crippen LogP contribution in [-0.4, -0.2) is 9.97 Å². The topological polar surface area (TPSA) is 28.7 Å². The maximum Gasteiger partial charge on any atom is 0.137 e. The summed E-state index contributed by atoms with van der Waals surface area (Å²) in [5, 5.41) is 1.14. The molecule has 2 heterocycles. The van der Waals surface area contributed by atoms with E-state index >= 15 is 0 Å². The standard InChI is InChI=1S/C21H23FN2/c1-14-9-17-12-20(24-21(17)23-13-14)19(10-15-5-2-3-6-15)16-7-4-8-18(22)11-16/h4,7-9,11-13,15,19H,2-3,5-6,10H2,1H3,(H,23,24)/t19-/m1/s1. The Morgan fingerprint density at radius 2 is 2.04 bits per heavy atom. The minimum absolute atomic E-state index is 0.158. The molecule has 1 aliphatic rings. The number of halogens is 1. The molecule has 0 aliphatic heterocycles. The second-order valence-electron chi connectivity index (χ2n) is 7.17. The quantitative estimate of drug-likeness (QED) is 0.653. The van der Waals surface area contributed by atoms with Crippen LogP contribution in [-0.2, 0) is 0 Å². The lowest BCUT2D eigenvalue weighted by Gasteiger charge is -2.20. The first-order valence-corrected chi connectivity index (χ1v) is 8.90. The van der Waals surface area contributed by atoms with E-state index in [2.05, 4.69) is 29.0 Å². The number of aromatic nitrogens is 2.